The number of hydrogen-bond donors (Lipinski definition) is 0. The molecule has 0 unspecified atom stereocenters. The highest BCUT2D eigenvalue weighted by atomic mass is 32.1. The molecule has 0 spiro atoms. The minimum atomic E-state index is 0.450. The molecule has 2 rings (SSSR count). The first-order valence-corrected chi connectivity index (χ1v) is 6.57. The molecule has 0 amide bonds. The van der Waals surface area contributed by atoms with Crippen LogP contribution < -0.4 is 4.90 Å². The van der Waals surface area contributed by atoms with Crippen molar-refractivity contribution in [3.63, 3.8) is 0 Å². The second-order valence-corrected chi connectivity index (χ2v) is 5.41. The second kappa shape index (κ2) is 5.27. The third-order valence-corrected chi connectivity index (χ3v) is 3.85. The van der Waals surface area contributed by atoms with Crippen molar-refractivity contribution in [1.29, 1.82) is 0 Å². The molecule has 0 saturated carbocycles. The third-order valence-electron chi connectivity index (χ3n) is 2.51. The number of benzene rings is 1. The highest BCUT2D eigenvalue weighted by Gasteiger charge is 2.11. The number of nitrogens with zero attached hydrogens (tertiary/aromatic N) is 3. The summed E-state index contributed by atoms with van der Waals surface area (Å²) in [4.78, 5) is 2.14. The van der Waals surface area contributed by atoms with E-state index in [9.17, 15) is 0 Å². The van der Waals surface area contributed by atoms with Crippen LogP contribution in [0.4, 0.5) is 5.13 Å². The van der Waals surface area contributed by atoms with Gasteiger partial charge in [-0.3, -0.25) is 0 Å². The van der Waals surface area contributed by atoms with Gasteiger partial charge in [-0.1, -0.05) is 55.5 Å². The van der Waals surface area contributed by atoms with Gasteiger partial charge in [-0.05, 0) is 5.56 Å². The molecule has 0 radical (unpaired) electrons. The summed E-state index contributed by atoms with van der Waals surface area (Å²) >= 11 is 1.67. The Bertz CT molecular complexity index is 465. The predicted octanol–water partition coefficient (Wildman–Crippen LogP) is 3.30. The van der Waals surface area contributed by atoms with E-state index in [1.165, 1.54) is 5.56 Å². The van der Waals surface area contributed by atoms with E-state index in [0.717, 1.165) is 16.7 Å². The van der Waals surface area contributed by atoms with E-state index in [1.807, 2.05) is 6.07 Å². The van der Waals surface area contributed by atoms with Crippen molar-refractivity contribution in [3.05, 3.63) is 40.9 Å². The average Bonchev–Trinajstić information content (AvgIpc) is 2.79. The molecule has 0 atom stereocenters. The largest absolute Gasteiger partial charge is 0.345 e. The van der Waals surface area contributed by atoms with Gasteiger partial charge in [0, 0.05) is 19.5 Å². The van der Waals surface area contributed by atoms with Crippen LogP contribution in [0.1, 0.15) is 30.3 Å². The minimum absolute atomic E-state index is 0.450. The van der Waals surface area contributed by atoms with Gasteiger partial charge in [0.1, 0.15) is 5.01 Å². The molecule has 2 aromatic rings. The van der Waals surface area contributed by atoms with Gasteiger partial charge in [0.15, 0.2) is 0 Å². The van der Waals surface area contributed by atoms with Gasteiger partial charge in [-0.2, -0.15) is 0 Å². The van der Waals surface area contributed by atoms with Gasteiger partial charge >= 0.3 is 0 Å². The normalized spacial score (nSPS) is 10.8. The van der Waals surface area contributed by atoms with Crippen LogP contribution in [0.5, 0.6) is 0 Å². The Morgan fingerprint density at radius 3 is 2.47 bits per heavy atom. The molecule has 0 saturated heterocycles. The molecule has 0 aliphatic heterocycles. The summed E-state index contributed by atoms with van der Waals surface area (Å²) in [6, 6.07) is 10.4. The van der Waals surface area contributed by atoms with Gasteiger partial charge in [0.2, 0.25) is 5.13 Å². The molecule has 3 nitrogen and oxygen atoms in total. The lowest BCUT2D eigenvalue weighted by Gasteiger charge is -2.14. The van der Waals surface area contributed by atoms with E-state index in [1.54, 1.807) is 11.3 Å². The van der Waals surface area contributed by atoms with Crippen molar-refractivity contribution in [2.75, 3.05) is 11.9 Å². The van der Waals surface area contributed by atoms with E-state index in [0.29, 0.717) is 5.92 Å². The molecular formula is C13H17N3S. The second-order valence-electron chi connectivity index (χ2n) is 4.42. The van der Waals surface area contributed by atoms with Crippen molar-refractivity contribution in [2.24, 2.45) is 0 Å². The van der Waals surface area contributed by atoms with Gasteiger partial charge in [0.05, 0.1) is 0 Å². The van der Waals surface area contributed by atoms with Gasteiger partial charge in [0.25, 0.3) is 0 Å². The van der Waals surface area contributed by atoms with Crippen molar-refractivity contribution in [2.45, 2.75) is 26.3 Å². The zero-order valence-corrected chi connectivity index (χ0v) is 11.2. The highest BCUT2D eigenvalue weighted by molar-refractivity contribution is 7.15. The summed E-state index contributed by atoms with van der Waals surface area (Å²) in [5.74, 6) is 0.450. The lowest BCUT2D eigenvalue weighted by Crippen LogP contribution is -2.15. The Morgan fingerprint density at radius 1 is 1.18 bits per heavy atom. The fourth-order valence-electron chi connectivity index (χ4n) is 1.54. The zero-order valence-electron chi connectivity index (χ0n) is 10.4. The molecule has 0 aliphatic rings. The molecule has 1 aromatic heterocycles. The van der Waals surface area contributed by atoms with E-state index >= 15 is 0 Å². The van der Waals surface area contributed by atoms with Gasteiger partial charge < -0.3 is 4.90 Å². The number of rotatable bonds is 4. The van der Waals surface area contributed by atoms with Gasteiger partial charge in [-0.25, -0.2) is 0 Å². The van der Waals surface area contributed by atoms with E-state index in [2.05, 4.69) is 60.3 Å². The maximum Gasteiger partial charge on any atom is 0.208 e. The minimum Gasteiger partial charge on any atom is -0.345 e. The zero-order chi connectivity index (χ0) is 12.3. The standard InChI is InChI=1S/C13H17N3S/c1-10(2)12-14-15-13(17-12)16(3)9-11-7-5-4-6-8-11/h4-8,10H,9H2,1-3H3. The summed E-state index contributed by atoms with van der Waals surface area (Å²) in [7, 11) is 2.05. The number of hydrogen-bond acceptors (Lipinski definition) is 4. The van der Waals surface area contributed by atoms with Crippen LogP contribution in [0.2, 0.25) is 0 Å². The summed E-state index contributed by atoms with van der Waals surface area (Å²) < 4.78 is 0. The monoisotopic (exact) mass is 247 g/mol. The van der Waals surface area contributed by atoms with E-state index < -0.39 is 0 Å². The summed E-state index contributed by atoms with van der Waals surface area (Å²) in [6.45, 7) is 5.15. The molecule has 1 heterocycles. The van der Waals surface area contributed by atoms with Crippen molar-refractivity contribution in [1.82, 2.24) is 10.2 Å². The summed E-state index contributed by atoms with van der Waals surface area (Å²) in [6.07, 6.45) is 0. The third kappa shape index (κ3) is 3.03. The fraction of sp³-hybridized carbons (Fsp3) is 0.385. The van der Waals surface area contributed by atoms with Crippen molar-refractivity contribution >= 4 is 16.5 Å². The topological polar surface area (TPSA) is 29.0 Å². The first-order chi connectivity index (χ1) is 8.16. The quantitative estimate of drug-likeness (QED) is 0.830. The fourth-order valence-corrected chi connectivity index (χ4v) is 2.35. The molecule has 0 bridgehead atoms. The molecule has 90 valence electrons. The molecular weight excluding hydrogens is 230 g/mol. The van der Waals surface area contributed by atoms with Crippen LogP contribution in [0.15, 0.2) is 30.3 Å². The Morgan fingerprint density at radius 2 is 1.88 bits per heavy atom. The first-order valence-electron chi connectivity index (χ1n) is 5.75. The smallest absolute Gasteiger partial charge is 0.208 e. The average molecular weight is 247 g/mol. The lowest BCUT2D eigenvalue weighted by atomic mass is 10.2. The highest BCUT2D eigenvalue weighted by Crippen LogP contribution is 2.25. The molecule has 0 N–H and O–H groups in total. The van der Waals surface area contributed by atoms with E-state index in [4.69, 9.17) is 0 Å². The molecule has 0 fully saturated rings. The number of anilines is 1. The SMILES string of the molecule is CC(C)c1nnc(N(C)Cc2ccccc2)s1. The van der Waals surface area contributed by atoms with Crippen molar-refractivity contribution in [3.8, 4) is 0 Å². The van der Waals surface area contributed by atoms with Crippen LogP contribution in [0.3, 0.4) is 0 Å². The van der Waals surface area contributed by atoms with Crippen LogP contribution in [-0.4, -0.2) is 17.2 Å². The Balaban J connectivity index is 2.07. The molecule has 0 aliphatic carbocycles. The molecule has 4 heteroatoms. The van der Waals surface area contributed by atoms with Crippen molar-refractivity contribution < 1.29 is 0 Å². The van der Waals surface area contributed by atoms with Crippen LogP contribution in [0.25, 0.3) is 0 Å². The molecule has 17 heavy (non-hydrogen) atoms. The maximum absolute atomic E-state index is 4.23. The Kier molecular flexibility index (Phi) is 3.74. The number of aromatic nitrogens is 2. The predicted molar refractivity (Wildman–Crippen MR) is 72.5 cm³/mol. The summed E-state index contributed by atoms with van der Waals surface area (Å²) in [5, 5.41) is 10.5. The molecule has 1 aromatic carbocycles. The van der Waals surface area contributed by atoms with E-state index in [-0.39, 0.29) is 0 Å². The first kappa shape index (κ1) is 12.0. The van der Waals surface area contributed by atoms with Gasteiger partial charge in [-0.15, -0.1) is 10.2 Å². The van der Waals surface area contributed by atoms with Crippen LogP contribution in [0, 0.1) is 0 Å². The maximum atomic E-state index is 4.23. The Hall–Kier alpha value is -1.42. The van der Waals surface area contributed by atoms with Crippen LogP contribution in [-0.2, 0) is 6.54 Å². The Labute approximate surface area is 106 Å². The van der Waals surface area contributed by atoms with Crippen LogP contribution >= 0.6 is 11.3 Å². The summed E-state index contributed by atoms with van der Waals surface area (Å²) in [5.41, 5.74) is 1.29. The lowest BCUT2D eigenvalue weighted by molar-refractivity contribution is 0.817.